The SMILES string of the molecule is CC(=O)SCC(O)C(O)c1c[nH]c(C=O)c1. The molecule has 1 heterocycles. The summed E-state index contributed by atoms with van der Waals surface area (Å²) in [5.74, 6) is 0.123. The molecule has 2 atom stereocenters. The van der Waals surface area contributed by atoms with E-state index in [1.165, 1.54) is 19.2 Å². The van der Waals surface area contributed by atoms with Gasteiger partial charge in [-0.25, -0.2) is 0 Å². The molecule has 0 aliphatic rings. The number of rotatable bonds is 5. The zero-order chi connectivity index (χ0) is 12.1. The molecule has 0 spiro atoms. The van der Waals surface area contributed by atoms with Crippen LogP contribution in [-0.2, 0) is 4.79 Å². The highest BCUT2D eigenvalue weighted by Crippen LogP contribution is 2.20. The quantitative estimate of drug-likeness (QED) is 0.655. The number of aromatic amines is 1. The highest BCUT2D eigenvalue weighted by atomic mass is 32.2. The predicted molar refractivity (Wildman–Crippen MR) is 60.3 cm³/mol. The van der Waals surface area contributed by atoms with Gasteiger partial charge >= 0.3 is 0 Å². The second-order valence-corrected chi connectivity index (χ2v) is 4.52. The molecule has 16 heavy (non-hydrogen) atoms. The molecule has 2 unspecified atom stereocenters. The first kappa shape index (κ1) is 13.0. The molecule has 88 valence electrons. The molecule has 1 rings (SSSR count). The van der Waals surface area contributed by atoms with Crippen molar-refractivity contribution >= 4 is 23.2 Å². The molecule has 0 aliphatic carbocycles. The number of carbonyl (C=O) groups is 2. The van der Waals surface area contributed by atoms with E-state index in [0.29, 0.717) is 17.5 Å². The van der Waals surface area contributed by atoms with Crippen LogP contribution in [0.15, 0.2) is 12.3 Å². The number of aldehydes is 1. The largest absolute Gasteiger partial charge is 0.389 e. The van der Waals surface area contributed by atoms with E-state index in [0.717, 1.165) is 11.8 Å². The zero-order valence-corrected chi connectivity index (χ0v) is 9.53. The Morgan fingerprint density at radius 2 is 2.31 bits per heavy atom. The van der Waals surface area contributed by atoms with E-state index in [1.807, 2.05) is 0 Å². The summed E-state index contributed by atoms with van der Waals surface area (Å²) in [6, 6.07) is 1.46. The zero-order valence-electron chi connectivity index (χ0n) is 8.71. The Morgan fingerprint density at radius 1 is 1.62 bits per heavy atom. The maximum atomic E-state index is 10.7. The van der Waals surface area contributed by atoms with Crippen LogP contribution in [-0.4, -0.2) is 38.5 Å². The van der Waals surface area contributed by atoms with Crippen molar-refractivity contribution in [3.05, 3.63) is 23.5 Å². The number of hydrogen-bond acceptors (Lipinski definition) is 5. The molecule has 0 fully saturated rings. The van der Waals surface area contributed by atoms with Crippen LogP contribution in [0.5, 0.6) is 0 Å². The van der Waals surface area contributed by atoms with E-state index in [-0.39, 0.29) is 10.9 Å². The predicted octanol–water partition coefficient (Wildman–Crippen LogP) is 0.501. The highest BCUT2D eigenvalue weighted by Gasteiger charge is 2.20. The first-order chi connectivity index (χ1) is 7.54. The van der Waals surface area contributed by atoms with E-state index >= 15 is 0 Å². The van der Waals surface area contributed by atoms with Crippen LogP contribution in [0.25, 0.3) is 0 Å². The van der Waals surface area contributed by atoms with Crippen LogP contribution in [0, 0.1) is 0 Å². The summed E-state index contributed by atoms with van der Waals surface area (Å²) < 4.78 is 0. The maximum Gasteiger partial charge on any atom is 0.185 e. The lowest BCUT2D eigenvalue weighted by molar-refractivity contribution is -0.109. The van der Waals surface area contributed by atoms with E-state index in [9.17, 15) is 19.8 Å². The van der Waals surface area contributed by atoms with Crippen molar-refractivity contribution in [1.29, 1.82) is 0 Å². The van der Waals surface area contributed by atoms with Crippen LogP contribution >= 0.6 is 11.8 Å². The van der Waals surface area contributed by atoms with Gasteiger partial charge in [-0.05, 0) is 6.07 Å². The van der Waals surface area contributed by atoms with Gasteiger partial charge < -0.3 is 15.2 Å². The van der Waals surface area contributed by atoms with Crippen LogP contribution < -0.4 is 0 Å². The Kier molecular flexibility index (Phi) is 4.72. The van der Waals surface area contributed by atoms with Crippen molar-refractivity contribution in [2.24, 2.45) is 0 Å². The van der Waals surface area contributed by atoms with Gasteiger partial charge in [-0.2, -0.15) is 0 Å². The molecule has 5 nitrogen and oxygen atoms in total. The number of H-pyrrole nitrogens is 1. The summed E-state index contributed by atoms with van der Waals surface area (Å²) in [6.07, 6.45) is -0.0656. The fourth-order valence-electron chi connectivity index (χ4n) is 1.18. The lowest BCUT2D eigenvalue weighted by Crippen LogP contribution is -2.20. The first-order valence-corrected chi connectivity index (χ1v) is 5.66. The van der Waals surface area contributed by atoms with E-state index in [1.54, 1.807) is 0 Å². The minimum Gasteiger partial charge on any atom is -0.389 e. The molecular weight excluding hydrogens is 230 g/mol. The third-order valence-corrected chi connectivity index (χ3v) is 2.93. The Balaban J connectivity index is 2.58. The molecule has 0 radical (unpaired) electrons. The van der Waals surface area contributed by atoms with Gasteiger partial charge in [0.1, 0.15) is 6.10 Å². The van der Waals surface area contributed by atoms with Crippen LogP contribution in [0.4, 0.5) is 0 Å². The van der Waals surface area contributed by atoms with Gasteiger partial charge in [-0.1, -0.05) is 11.8 Å². The van der Waals surface area contributed by atoms with Crippen LogP contribution in [0.1, 0.15) is 29.1 Å². The van der Waals surface area contributed by atoms with Crippen LogP contribution in [0.2, 0.25) is 0 Å². The van der Waals surface area contributed by atoms with Gasteiger partial charge in [0.25, 0.3) is 0 Å². The maximum absolute atomic E-state index is 10.7. The Hall–Kier alpha value is -1.11. The van der Waals surface area contributed by atoms with E-state index < -0.39 is 12.2 Å². The molecule has 0 saturated carbocycles. The number of carbonyl (C=O) groups excluding carboxylic acids is 2. The fourth-order valence-corrected chi connectivity index (χ4v) is 1.77. The summed E-state index contributed by atoms with van der Waals surface area (Å²) >= 11 is 0.946. The van der Waals surface area contributed by atoms with E-state index in [4.69, 9.17) is 0 Å². The Morgan fingerprint density at radius 3 is 2.81 bits per heavy atom. The smallest absolute Gasteiger partial charge is 0.185 e. The molecule has 0 saturated heterocycles. The fraction of sp³-hybridized carbons (Fsp3) is 0.400. The number of aliphatic hydroxyl groups is 2. The van der Waals surface area contributed by atoms with Crippen molar-refractivity contribution in [1.82, 2.24) is 4.98 Å². The summed E-state index contributed by atoms with van der Waals surface area (Å²) in [7, 11) is 0. The molecule has 0 aliphatic heterocycles. The average molecular weight is 243 g/mol. The van der Waals surface area contributed by atoms with Gasteiger partial charge in [0, 0.05) is 24.4 Å². The molecule has 6 heteroatoms. The molecule has 1 aromatic heterocycles. The van der Waals surface area contributed by atoms with Gasteiger partial charge in [0.15, 0.2) is 11.4 Å². The summed E-state index contributed by atoms with van der Waals surface area (Å²) in [6.45, 7) is 1.39. The molecule has 3 N–H and O–H groups in total. The molecule has 1 aromatic rings. The van der Waals surface area contributed by atoms with Crippen molar-refractivity contribution in [2.75, 3.05) is 5.75 Å². The number of nitrogens with one attached hydrogen (secondary N) is 1. The summed E-state index contributed by atoms with van der Waals surface area (Å²) in [5, 5.41) is 19.2. The van der Waals surface area contributed by atoms with Gasteiger partial charge in [0.05, 0.1) is 11.8 Å². The van der Waals surface area contributed by atoms with Crippen LogP contribution in [0.3, 0.4) is 0 Å². The topological polar surface area (TPSA) is 90.4 Å². The third kappa shape index (κ3) is 3.48. The van der Waals surface area contributed by atoms with Gasteiger partial charge in [-0.15, -0.1) is 0 Å². The standard InChI is InChI=1S/C10H13NO4S/c1-6(13)16-5-9(14)10(15)7-2-8(4-12)11-3-7/h2-4,9-11,14-15H,5H2,1H3. The minimum atomic E-state index is -1.10. The number of aromatic nitrogens is 1. The minimum absolute atomic E-state index is 0.117. The second-order valence-electron chi connectivity index (χ2n) is 3.32. The Bertz CT molecular complexity index is 377. The third-order valence-electron chi connectivity index (χ3n) is 2.02. The number of aliphatic hydroxyl groups excluding tert-OH is 2. The van der Waals surface area contributed by atoms with E-state index in [2.05, 4.69) is 4.98 Å². The second kappa shape index (κ2) is 5.83. The lowest BCUT2D eigenvalue weighted by atomic mass is 10.1. The number of thioether (sulfide) groups is 1. The normalized spacial score (nSPS) is 14.4. The number of hydrogen-bond donors (Lipinski definition) is 3. The van der Waals surface area contributed by atoms with Gasteiger partial charge in [0.2, 0.25) is 0 Å². The van der Waals surface area contributed by atoms with Crippen molar-refractivity contribution in [3.63, 3.8) is 0 Å². The van der Waals surface area contributed by atoms with Gasteiger partial charge in [-0.3, -0.25) is 9.59 Å². The van der Waals surface area contributed by atoms with Crippen molar-refractivity contribution in [3.8, 4) is 0 Å². The summed E-state index contributed by atoms with van der Waals surface area (Å²) in [5.41, 5.74) is 0.763. The average Bonchev–Trinajstić information content (AvgIpc) is 2.73. The van der Waals surface area contributed by atoms with Crippen molar-refractivity contribution < 1.29 is 19.8 Å². The molecule has 0 amide bonds. The molecule has 0 aromatic carbocycles. The summed E-state index contributed by atoms with van der Waals surface area (Å²) in [4.78, 5) is 23.7. The molecule has 0 bridgehead atoms. The lowest BCUT2D eigenvalue weighted by Gasteiger charge is -2.15. The highest BCUT2D eigenvalue weighted by molar-refractivity contribution is 8.13. The first-order valence-electron chi connectivity index (χ1n) is 4.67. The van der Waals surface area contributed by atoms with Crippen molar-refractivity contribution in [2.45, 2.75) is 19.1 Å². The monoisotopic (exact) mass is 243 g/mol. The molecular formula is C10H13NO4S. The Labute approximate surface area is 96.9 Å².